The summed E-state index contributed by atoms with van der Waals surface area (Å²) in [6, 6.07) is 6.79. The monoisotopic (exact) mass is 195 g/mol. The Kier molecular flexibility index (Phi) is 4.07. The van der Waals surface area contributed by atoms with Crippen LogP contribution in [0, 0.1) is 10.1 Å². The third-order valence-corrected chi connectivity index (χ3v) is 1.99. The summed E-state index contributed by atoms with van der Waals surface area (Å²) in [5.74, 6) is 0. The van der Waals surface area contributed by atoms with Crippen LogP contribution in [0.5, 0.6) is 0 Å². The lowest BCUT2D eigenvalue weighted by molar-refractivity contribution is -0.670. The van der Waals surface area contributed by atoms with E-state index >= 15 is 0 Å². The number of nitrogens with two attached hydrogens (primary N) is 1. The van der Waals surface area contributed by atoms with E-state index in [-0.39, 0.29) is 10.6 Å². The van der Waals surface area contributed by atoms with Crippen molar-refractivity contribution in [3.05, 3.63) is 39.9 Å². The van der Waals surface area contributed by atoms with Gasteiger partial charge in [-0.3, -0.25) is 10.1 Å². The Balaban J connectivity index is 2.59. The van der Waals surface area contributed by atoms with Crippen LogP contribution < -0.4 is 5.32 Å². The van der Waals surface area contributed by atoms with Crippen molar-refractivity contribution in [2.45, 2.75) is 19.9 Å². The summed E-state index contributed by atoms with van der Waals surface area (Å²) in [6.45, 7) is 3.99. The number of hydrogen-bond acceptors (Lipinski definition) is 2. The predicted molar refractivity (Wildman–Crippen MR) is 53.9 cm³/mol. The summed E-state index contributed by atoms with van der Waals surface area (Å²) >= 11 is 0. The Bertz CT molecular complexity index is 313. The van der Waals surface area contributed by atoms with Gasteiger partial charge in [-0.1, -0.05) is 19.1 Å². The third-order valence-electron chi connectivity index (χ3n) is 1.99. The summed E-state index contributed by atoms with van der Waals surface area (Å²) in [6.07, 6.45) is 1.12. The number of benzene rings is 1. The van der Waals surface area contributed by atoms with E-state index < -0.39 is 0 Å². The average Bonchev–Trinajstić information content (AvgIpc) is 2.19. The number of nitrogens with zero attached hydrogens (tertiary/aromatic N) is 1. The fraction of sp³-hybridized carbons (Fsp3) is 0.400. The van der Waals surface area contributed by atoms with E-state index in [1.54, 1.807) is 12.1 Å². The first-order valence-electron chi connectivity index (χ1n) is 4.79. The van der Waals surface area contributed by atoms with Crippen LogP contribution in [0.15, 0.2) is 24.3 Å². The number of nitro groups is 1. The van der Waals surface area contributed by atoms with Crippen LogP contribution in [0.3, 0.4) is 0 Å². The van der Waals surface area contributed by atoms with Crippen LogP contribution in [0.4, 0.5) is 5.69 Å². The molecule has 0 spiro atoms. The van der Waals surface area contributed by atoms with Crippen LogP contribution >= 0.6 is 0 Å². The number of non-ortho nitro benzene ring substituents is 1. The molecule has 4 heteroatoms. The maximum Gasteiger partial charge on any atom is 0.269 e. The molecular formula is C10H15N2O2+. The van der Waals surface area contributed by atoms with Crippen molar-refractivity contribution >= 4 is 5.69 Å². The Morgan fingerprint density at radius 3 is 2.93 bits per heavy atom. The second-order valence-corrected chi connectivity index (χ2v) is 3.21. The molecule has 1 aromatic carbocycles. The normalized spacial score (nSPS) is 10.1. The Morgan fingerprint density at radius 1 is 1.50 bits per heavy atom. The van der Waals surface area contributed by atoms with Crippen molar-refractivity contribution < 1.29 is 10.2 Å². The zero-order chi connectivity index (χ0) is 10.4. The van der Waals surface area contributed by atoms with Crippen molar-refractivity contribution in [1.82, 2.24) is 0 Å². The van der Waals surface area contributed by atoms with Gasteiger partial charge in [0.2, 0.25) is 0 Å². The van der Waals surface area contributed by atoms with E-state index in [1.165, 1.54) is 6.07 Å². The van der Waals surface area contributed by atoms with Crippen molar-refractivity contribution in [2.75, 3.05) is 6.54 Å². The number of rotatable bonds is 5. The van der Waals surface area contributed by atoms with E-state index in [0.717, 1.165) is 25.1 Å². The summed E-state index contributed by atoms with van der Waals surface area (Å²) in [5, 5.41) is 12.6. The molecule has 0 saturated carbocycles. The minimum absolute atomic E-state index is 0.174. The molecular weight excluding hydrogens is 180 g/mol. The molecule has 0 bridgehead atoms. The van der Waals surface area contributed by atoms with Gasteiger partial charge >= 0.3 is 0 Å². The average molecular weight is 195 g/mol. The highest BCUT2D eigenvalue weighted by Gasteiger charge is 2.05. The molecule has 0 radical (unpaired) electrons. The van der Waals surface area contributed by atoms with Crippen LogP contribution in [-0.4, -0.2) is 11.5 Å². The second kappa shape index (κ2) is 5.34. The van der Waals surface area contributed by atoms with Crippen LogP contribution in [-0.2, 0) is 6.54 Å². The molecule has 0 fully saturated rings. The maximum absolute atomic E-state index is 10.5. The van der Waals surface area contributed by atoms with Gasteiger partial charge in [-0.2, -0.15) is 0 Å². The lowest BCUT2D eigenvalue weighted by Crippen LogP contribution is -2.82. The van der Waals surface area contributed by atoms with Crippen molar-refractivity contribution in [1.29, 1.82) is 0 Å². The van der Waals surface area contributed by atoms with E-state index in [2.05, 4.69) is 12.2 Å². The lowest BCUT2D eigenvalue weighted by atomic mass is 10.2. The molecule has 0 saturated heterocycles. The molecule has 0 unspecified atom stereocenters. The summed E-state index contributed by atoms with van der Waals surface area (Å²) in [4.78, 5) is 10.1. The Hall–Kier alpha value is -1.42. The Morgan fingerprint density at radius 2 is 2.29 bits per heavy atom. The third kappa shape index (κ3) is 3.14. The molecule has 2 N–H and O–H groups in total. The SMILES string of the molecule is CCC[NH2+]Cc1cccc([N+](=O)[O-])c1. The topological polar surface area (TPSA) is 59.8 Å². The quantitative estimate of drug-likeness (QED) is 0.434. The number of hydrogen-bond donors (Lipinski definition) is 1. The minimum Gasteiger partial charge on any atom is -0.343 e. The van der Waals surface area contributed by atoms with Gasteiger partial charge in [0, 0.05) is 17.7 Å². The first kappa shape index (κ1) is 10.7. The van der Waals surface area contributed by atoms with Crippen molar-refractivity contribution in [3.63, 3.8) is 0 Å². The standard InChI is InChI=1S/C10H14N2O2/c1-2-6-11-8-9-4-3-5-10(7-9)12(13)14/h3-5,7,11H,2,6,8H2,1H3/p+1. The molecule has 0 aliphatic rings. The molecule has 0 aliphatic heterocycles. The smallest absolute Gasteiger partial charge is 0.269 e. The van der Waals surface area contributed by atoms with Crippen molar-refractivity contribution in [3.8, 4) is 0 Å². The van der Waals surface area contributed by atoms with Gasteiger partial charge in [-0.05, 0) is 6.42 Å². The van der Waals surface area contributed by atoms with Gasteiger partial charge in [0.05, 0.1) is 11.5 Å². The summed E-state index contributed by atoms with van der Waals surface area (Å²) < 4.78 is 0. The van der Waals surface area contributed by atoms with Gasteiger partial charge in [0.25, 0.3) is 5.69 Å². The molecule has 1 aromatic rings. The molecule has 4 nitrogen and oxygen atoms in total. The summed E-state index contributed by atoms with van der Waals surface area (Å²) in [7, 11) is 0. The van der Waals surface area contributed by atoms with E-state index in [1.807, 2.05) is 6.07 Å². The van der Waals surface area contributed by atoms with Gasteiger partial charge in [-0.15, -0.1) is 0 Å². The lowest BCUT2D eigenvalue weighted by Gasteiger charge is -1.99. The zero-order valence-electron chi connectivity index (χ0n) is 8.27. The molecule has 0 aromatic heterocycles. The van der Waals surface area contributed by atoms with Crippen LogP contribution in [0.2, 0.25) is 0 Å². The molecule has 0 amide bonds. The highest BCUT2D eigenvalue weighted by atomic mass is 16.6. The zero-order valence-corrected chi connectivity index (χ0v) is 8.27. The molecule has 14 heavy (non-hydrogen) atoms. The van der Waals surface area contributed by atoms with Crippen LogP contribution in [0.25, 0.3) is 0 Å². The number of quaternary nitrogens is 1. The van der Waals surface area contributed by atoms with Gasteiger partial charge in [-0.25, -0.2) is 0 Å². The largest absolute Gasteiger partial charge is 0.343 e. The van der Waals surface area contributed by atoms with Gasteiger partial charge in [0.15, 0.2) is 0 Å². The van der Waals surface area contributed by atoms with E-state index in [9.17, 15) is 10.1 Å². The highest BCUT2D eigenvalue weighted by Crippen LogP contribution is 2.11. The first-order chi connectivity index (χ1) is 6.74. The van der Waals surface area contributed by atoms with Gasteiger partial charge < -0.3 is 5.32 Å². The van der Waals surface area contributed by atoms with Gasteiger partial charge in [0.1, 0.15) is 6.54 Å². The van der Waals surface area contributed by atoms with E-state index in [0.29, 0.717) is 0 Å². The van der Waals surface area contributed by atoms with E-state index in [4.69, 9.17) is 0 Å². The first-order valence-corrected chi connectivity index (χ1v) is 4.79. The molecule has 1 rings (SSSR count). The maximum atomic E-state index is 10.5. The molecule has 0 atom stereocenters. The van der Waals surface area contributed by atoms with Crippen LogP contribution in [0.1, 0.15) is 18.9 Å². The summed E-state index contributed by atoms with van der Waals surface area (Å²) in [5.41, 5.74) is 1.18. The number of nitro benzene ring substituents is 1. The fourth-order valence-electron chi connectivity index (χ4n) is 1.27. The highest BCUT2D eigenvalue weighted by molar-refractivity contribution is 5.33. The molecule has 76 valence electrons. The minimum atomic E-state index is -0.358. The predicted octanol–water partition coefficient (Wildman–Crippen LogP) is 1.07. The van der Waals surface area contributed by atoms with Crippen molar-refractivity contribution in [2.24, 2.45) is 0 Å². The molecule has 0 heterocycles. The fourth-order valence-corrected chi connectivity index (χ4v) is 1.27. The second-order valence-electron chi connectivity index (χ2n) is 3.21. The Labute approximate surface area is 83.1 Å². The molecule has 0 aliphatic carbocycles.